The highest BCUT2D eigenvalue weighted by Gasteiger charge is 2.33. The molecule has 24 heavy (non-hydrogen) atoms. The molecule has 2 unspecified atom stereocenters. The van der Waals surface area contributed by atoms with Gasteiger partial charge in [0.05, 0.1) is 11.6 Å². The molecule has 2 aliphatic heterocycles. The van der Waals surface area contributed by atoms with Gasteiger partial charge in [-0.05, 0) is 24.1 Å². The van der Waals surface area contributed by atoms with Crippen LogP contribution in [-0.2, 0) is 9.59 Å². The van der Waals surface area contributed by atoms with Crippen LogP contribution in [-0.4, -0.2) is 50.6 Å². The first-order valence-electron chi connectivity index (χ1n) is 8.34. The van der Waals surface area contributed by atoms with Crippen LogP contribution in [0, 0.1) is 5.82 Å². The summed E-state index contributed by atoms with van der Waals surface area (Å²) in [5, 5.41) is 8.81. The highest BCUT2D eigenvalue weighted by Crippen LogP contribution is 2.30. The number of rotatable bonds is 4. The average Bonchev–Trinajstić information content (AvgIpc) is 2.94. The Morgan fingerprint density at radius 2 is 2.12 bits per heavy atom. The predicted octanol–water partition coefficient (Wildman–Crippen LogP) is 0.344. The molecule has 2 saturated heterocycles. The number of halogens is 1. The van der Waals surface area contributed by atoms with Crippen molar-refractivity contribution in [2.75, 3.05) is 37.6 Å². The first-order valence-corrected chi connectivity index (χ1v) is 8.34. The minimum absolute atomic E-state index is 0.109. The number of nitrogens with one attached hydrogen (secondary N) is 3. The smallest absolute Gasteiger partial charge is 0.227 e. The maximum absolute atomic E-state index is 14.5. The SMILES string of the molecule is CC(=O)NCC1CC(c2ccc(N3CCNCC3)c(F)c2)C(=O)N1. The molecule has 7 heteroatoms. The van der Waals surface area contributed by atoms with Gasteiger partial charge in [-0.1, -0.05) is 6.07 Å². The topological polar surface area (TPSA) is 73.5 Å². The minimum atomic E-state index is -0.365. The van der Waals surface area contributed by atoms with Gasteiger partial charge in [0.1, 0.15) is 5.82 Å². The van der Waals surface area contributed by atoms with Crippen LogP contribution in [0.4, 0.5) is 10.1 Å². The van der Waals surface area contributed by atoms with Crippen molar-refractivity contribution in [3.05, 3.63) is 29.6 Å². The average molecular weight is 334 g/mol. The molecule has 0 radical (unpaired) electrons. The van der Waals surface area contributed by atoms with E-state index in [0.717, 1.165) is 26.2 Å². The third kappa shape index (κ3) is 3.67. The Hall–Kier alpha value is -2.15. The van der Waals surface area contributed by atoms with Gasteiger partial charge in [-0.3, -0.25) is 9.59 Å². The summed E-state index contributed by atoms with van der Waals surface area (Å²) in [4.78, 5) is 25.2. The van der Waals surface area contributed by atoms with Crippen LogP contribution in [0.1, 0.15) is 24.8 Å². The molecule has 0 saturated carbocycles. The van der Waals surface area contributed by atoms with Gasteiger partial charge < -0.3 is 20.9 Å². The number of hydrogen-bond donors (Lipinski definition) is 3. The lowest BCUT2D eigenvalue weighted by Gasteiger charge is -2.30. The molecule has 1 aromatic rings. The molecule has 2 amide bonds. The Labute approximate surface area is 140 Å². The second kappa shape index (κ2) is 7.17. The minimum Gasteiger partial charge on any atom is -0.367 e. The third-order valence-corrected chi connectivity index (χ3v) is 4.61. The fourth-order valence-electron chi connectivity index (χ4n) is 3.34. The van der Waals surface area contributed by atoms with Crippen molar-refractivity contribution in [3.63, 3.8) is 0 Å². The van der Waals surface area contributed by atoms with Crippen molar-refractivity contribution in [3.8, 4) is 0 Å². The van der Waals surface area contributed by atoms with Crippen molar-refractivity contribution in [2.45, 2.75) is 25.3 Å². The predicted molar refractivity (Wildman–Crippen MR) is 89.5 cm³/mol. The van der Waals surface area contributed by atoms with Crippen molar-refractivity contribution in [2.24, 2.45) is 0 Å². The van der Waals surface area contributed by atoms with E-state index in [1.807, 2.05) is 11.0 Å². The first kappa shape index (κ1) is 16.7. The van der Waals surface area contributed by atoms with Gasteiger partial charge in [0, 0.05) is 45.7 Å². The van der Waals surface area contributed by atoms with Crippen LogP contribution in [0.5, 0.6) is 0 Å². The molecular weight excluding hydrogens is 311 g/mol. The summed E-state index contributed by atoms with van der Waals surface area (Å²) in [6.07, 6.45) is 0.561. The number of benzene rings is 1. The highest BCUT2D eigenvalue weighted by molar-refractivity contribution is 5.86. The Morgan fingerprint density at radius 3 is 2.79 bits per heavy atom. The Bertz CT molecular complexity index is 631. The Morgan fingerprint density at radius 1 is 1.38 bits per heavy atom. The van der Waals surface area contributed by atoms with Crippen molar-refractivity contribution >= 4 is 17.5 Å². The molecule has 130 valence electrons. The molecular formula is C17H23FN4O2. The summed E-state index contributed by atoms with van der Waals surface area (Å²) in [5.74, 6) is -0.887. The van der Waals surface area contributed by atoms with E-state index in [1.54, 1.807) is 6.07 Å². The molecule has 2 atom stereocenters. The molecule has 0 aliphatic carbocycles. The maximum atomic E-state index is 14.5. The molecule has 3 rings (SSSR count). The Balaban J connectivity index is 1.69. The van der Waals surface area contributed by atoms with Crippen molar-refractivity contribution < 1.29 is 14.0 Å². The monoisotopic (exact) mass is 334 g/mol. The van der Waals surface area contributed by atoms with Crippen LogP contribution in [0.3, 0.4) is 0 Å². The molecule has 6 nitrogen and oxygen atoms in total. The summed E-state index contributed by atoms with van der Waals surface area (Å²) >= 11 is 0. The van der Waals surface area contributed by atoms with Gasteiger partial charge in [0.2, 0.25) is 11.8 Å². The maximum Gasteiger partial charge on any atom is 0.227 e. The van der Waals surface area contributed by atoms with E-state index >= 15 is 0 Å². The van der Waals surface area contributed by atoms with Crippen LogP contribution < -0.4 is 20.9 Å². The second-order valence-corrected chi connectivity index (χ2v) is 6.38. The second-order valence-electron chi connectivity index (χ2n) is 6.38. The van der Waals surface area contributed by atoms with Crippen LogP contribution in [0.15, 0.2) is 18.2 Å². The molecule has 0 bridgehead atoms. The highest BCUT2D eigenvalue weighted by atomic mass is 19.1. The van der Waals surface area contributed by atoms with E-state index in [0.29, 0.717) is 24.2 Å². The van der Waals surface area contributed by atoms with Gasteiger partial charge in [-0.25, -0.2) is 4.39 Å². The molecule has 1 aromatic carbocycles. The van der Waals surface area contributed by atoms with E-state index in [2.05, 4.69) is 16.0 Å². The van der Waals surface area contributed by atoms with E-state index in [-0.39, 0.29) is 29.6 Å². The fourth-order valence-corrected chi connectivity index (χ4v) is 3.34. The number of nitrogens with zero attached hydrogens (tertiary/aromatic N) is 1. The number of carbonyl (C=O) groups is 2. The molecule has 2 fully saturated rings. The lowest BCUT2D eigenvalue weighted by molar-refractivity contribution is -0.121. The molecule has 0 aromatic heterocycles. The van der Waals surface area contributed by atoms with Crippen LogP contribution in [0.2, 0.25) is 0 Å². The van der Waals surface area contributed by atoms with Gasteiger partial charge >= 0.3 is 0 Å². The summed E-state index contributed by atoms with van der Waals surface area (Å²) in [5.41, 5.74) is 1.28. The number of carbonyl (C=O) groups excluding carboxylic acids is 2. The summed E-state index contributed by atoms with van der Waals surface area (Å²) < 4.78 is 14.5. The lowest BCUT2D eigenvalue weighted by atomic mass is 9.95. The molecule has 2 heterocycles. The van der Waals surface area contributed by atoms with Gasteiger partial charge in [0.15, 0.2) is 0 Å². The number of amides is 2. The first-order chi connectivity index (χ1) is 11.5. The zero-order chi connectivity index (χ0) is 17.1. The summed E-state index contributed by atoms with van der Waals surface area (Å²) in [6, 6.07) is 4.97. The quantitative estimate of drug-likeness (QED) is 0.743. The largest absolute Gasteiger partial charge is 0.367 e. The number of hydrogen-bond acceptors (Lipinski definition) is 4. The van der Waals surface area contributed by atoms with Crippen LogP contribution >= 0.6 is 0 Å². The zero-order valence-electron chi connectivity index (χ0n) is 13.8. The third-order valence-electron chi connectivity index (χ3n) is 4.61. The van der Waals surface area contributed by atoms with Gasteiger partial charge in [0.25, 0.3) is 0 Å². The van der Waals surface area contributed by atoms with Crippen molar-refractivity contribution in [1.82, 2.24) is 16.0 Å². The number of anilines is 1. The molecule has 0 spiro atoms. The van der Waals surface area contributed by atoms with E-state index in [1.165, 1.54) is 13.0 Å². The zero-order valence-corrected chi connectivity index (χ0v) is 13.8. The van der Waals surface area contributed by atoms with Crippen molar-refractivity contribution in [1.29, 1.82) is 0 Å². The normalized spacial score (nSPS) is 23.9. The van der Waals surface area contributed by atoms with E-state index in [4.69, 9.17) is 0 Å². The number of piperazine rings is 1. The summed E-state index contributed by atoms with van der Waals surface area (Å²) in [6.45, 7) is 5.09. The van der Waals surface area contributed by atoms with Gasteiger partial charge in [-0.2, -0.15) is 0 Å². The Kier molecular flexibility index (Phi) is 4.99. The van der Waals surface area contributed by atoms with E-state index in [9.17, 15) is 14.0 Å². The van der Waals surface area contributed by atoms with Crippen LogP contribution in [0.25, 0.3) is 0 Å². The lowest BCUT2D eigenvalue weighted by Crippen LogP contribution is -2.43. The molecule has 2 aliphatic rings. The molecule has 3 N–H and O–H groups in total. The van der Waals surface area contributed by atoms with E-state index < -0.39 is 0 Å². The summed E-state index contributed by atoms with van der Waals surface area (Å²) in [7, 11) is 0. The standard InChI is InChI=1S/C17H23FN4O2/c1-11(23)20-10-13-9-14(17(24)21-13)12-2-3-16(15(18)8-12)22-6-4-19-5-7-22/h2-3,8,13-14,19H,4-7,9-10H2,1H3,(H,20,23)(H,21,24). The van der Waals surface area contributed by atoms with Gasteiger partial charge in [-0.15, -0.1) is 0 Å². The fraction of sp³-hybridized carbons (Fsp3) is 0.529.